The number of pyridine rings is 3. The van der Waals surface area contributed by atoms with Crippen LogP contribution in [0.1, 0.15) is 94.5 Å². The molecule has 273 valence electrons. The number of aromatic nitrogens is 3. The van der Waals surface area contributed by atoms with Crippen LogP contribution in [0.4, 0.5) is 0 Å². The van der Waals surface area contributed by atoms with Crippen LogP contribution in [-0.2, 0) is 39.4 Å². The Bertz CT molecular complexity index is 2140. The molecular weight excluding hydrogens is 831 g/mol. The van der Waals surface area contributed by atoms with E-state index in [4.69, 9.17) is 19.4 Å². The normalized spacial score (nSPS) is 15.5. The first-order valence-corrected chi connectivity index (χ1v) is 22.6. The molecule has 1 atom stereocenters. The summed E-state index contributed by atoms with van der Waals surface area (Å²) in [4.78, 5) is 14.4. The van der Waals surface area contributed by atoms with Crippen LogP contribution in [-0.4, -0.2) is 23.0 Å². The van der Waals surface area contributed by atoms with Crippen molar-refractivity contribution in [3.8, 4) is 22.5 Å². The third kappa shape index (κ3) is 8.20. The number of hydrogen-bond donors (Lipinski definition) is 0. The minimum Gasteiger partial charge on any atom is -0.486 e. The van der Waals surface area contributed by atoms with Crippen molar-refractivity contribution in [2.45, 2.75) is 111 Å². The predicted octanol–water partition coefficient (Wildman–Crippen LogP) is 11.7. The Hall–Kier alpha value is -3.44. The standard InChI is InChI=1S/C26H27N2O.C20H26NSi.Ir/c1-16(26(2,3)4)22-13-12-20-19-10-7-11-21(24(19)29-25(20)28-22)23-18-9-6-5-8-17(18)14-15-27-23;1-22(2,3)20-15-21-19(17-11-5-4-6-12-17)14-18(20)13-16-9-7-8-10-16;/h7,10,12-16H,5-6,8-9H2,1-4H3;4-6,11,14-16H,7-10,13H2,1-3H3;/q2*-1;. The average molecular weight is 884 g/mol. The third-order valence-electron chi connectivity index (χ3n) is 11.3. The van der Waals surface area contributed by atoms with Gasteiger partial charge < -0.3 is 14.4 Å². The van der Waals surface area contributed by atoms with Crippen molar-refractivity contribution in [3.63, 3.8) is 0 Å². The van der Waals surface area contributed by atoms with Gasteiger partial charge in [-0.15, -0.1) is 54.1 Å². The van der Waals surface area contributed by atoms with Gasteiger partial charge in [0, 0.05) is 49.5 Å². The van der Waals surface area contributed by atoms with Gasteiger partial charge in [-0.2, -0.15) is 0 Å². The number of rotatable bonds is 6. The summed E-state index contributed by atoms with van der Waals surface area (Å²) >= 11 is 0. The van der Waals surface area contributed by atoms with Crippen LogP contribution >= 0.6 is 0 Å². The van der Waals surface area contributed by atoms with Crippen molar-refractivity contribution in [1.29, 1.82) is 0 Å². The Morgan fingerprint density at radius 1 is 0.885 bits per heavy atom. The molecule has 0 amide bonds. The molecule has 0 aliphatic heterocycles. The van der Waals surface area contributed by atoms with Crippen LogP contribution < -0.4 is 5.19 Å². The average Bonchev–Trinajstić information content (AvgIpc) is 3.78. The zero-order valence-electron chi connectivity index (χ0n) is 32.0. The molecule has 1 fully saturated rings. The molecule has 1 radical (unpaired) electrons. The first kappa shape index (κ1) is 38.3. The third-order valence-corrected chi connectivity index (χ3v) is 13.4. The molecule has 4 heterocycles. The summed E-state index contributed by atoms with van der Waals surface area (Å²) in [5.41, 5.74) is 11.3. The van der Waals surface area contributed by atoms with Crippen LogP contribution in [0.2, 0.25) is 19.6 Å². The van der Waals surface area contributed by atoms with Crippen molar-refractivity contribution in [2.75, 3.05) is 0 Å². The fourth-order valence-corrected chi connectivity index (χ4v) is 9.53. The van der Waals surface area contributed by atoms with Gasteiger partial charge in [0.1, 0.15) is 0 Å². The van der Waals surface area contributed by atoms with Gasteiger partial charge in [-0.05, 0) is 78.2 Å². The van der Waals surface area contributed by atoms with E-state index in [0.29, 0.717) is 11.6 Å². The number of furan rings is 1. The Kier molecular flexibility index (Phi) is 11.7. The first-order chi connectivity index (χ1) is 24.5. The molecule has 6 heteroatoms. The summed E-state index contributed by atoms with van der Waals surface area (Å²) in [5, 5.41) is 3.69. The van der Waals surface area contributed by atoms with Crippen LogP contribution in [0.25, 0.3) is 44.6 Å². The maximum absolute atomic E-state index is 6.35. The SMILES string of the molecule is CC(c1ccc2c(n1)oc1c(-c3nccc4c3CCCC4)[c-]ccc12)C(C)(C)C.C[Si](C)(C)c1cnc(-c2[c-]cccc2)cc1CC1CCCC1.[Ir]. The van der Waals surface area contributed by atoms with Crippen LogP contribution in [0.3, 0.4) is 0 Å². The summed E-state index contributed by atoms with van der Waals surface area (Å²) in [6.07, 6.45) is 15.6. The molecule has 6 aromatic rings. The molecule has 2 aromatic carbocycles. The number of fused-ring (bicyclic) bond motifs is 4. The maximum atomic E-state index is 6.35. The molecule has 0 N–H and O–H groups in total. The maximum Gasteiger partial charge on any atom is 0.216 e. The van der Waals surface area contributed by atoms with Gasteiger partial charge in [0.15, 0.2) is 0 Å². The van der Waals surface area contributed by atoms with E-state index in [2.05, 4.69) is 108 Å². The first-order valence-electron chi connectivity index (χ1n) is 19.1. The van der Waals surface area contributed by atoms with E-state index in [1.54, 1.807) is 10.8 Å². The van der Waals surface area contributed by atoms with Crippen molar-refractivity contribution < 1.29 is 24.5 Å². The largest absolute Gasteiger partial charge is 0.486 e. The Labute approximate surface area is 325 Å². The van der Waals surface area contributed by atoms with E-state index < -0.39 is 8.07 Å². The van der Waals surface area contributed by atoms with Gasteiger partial charge in [0.05, 0.1) is 13.7 Å². The second-order valence-electron chi connectivity index (χ2n) is 17.0. The molecule has 2 aliphatic rings. The molecule has 1 saturated carbocycles. The van der Waals surface area contributed by atoms with Crippen LogP contribution in [0.15, 0.2) is 77.5 Å². The van der Waals surface area contributed by atoms with Gasteiger partial charge in [-0.1, -0.05) is 107 Å². The van der Waals surface area contributed by atoms with E-state index in [1.165, 1.54) is 56.1 Å². The topological polar surface area (TPSA) is 51.8 Å². The summed E-state index contributed by atoms with van der Waals surface area (Å²) in [7, 11) is -1.35. The number of aryl methyl sites for hydroxylation is 1. The minimum atomic E-state index is -1.35. The number of nitrogens with zero attached hydrogens (tertiary/aromatic N) is 3. The van der Waals surface area contributed by atoms with Crippen LogP contribution in [0, 0.1) is 23.5 Å². The molecule has 0 saturated heterocycles. The zero-order chi connectivity index (χ0) is 35.8. The van der Waals surface area contributed by atoms with Crippen molar-refractivity contribution in [3.05, 3.63) is 108 Å². The number of benzene rings is 2. The number of hydrogen-bond acceptors (Lipinski definition) is 4. The Morgan fingerprint density at radius 3 is 2.40 bits per heavy atom. The van der Waals surface area contributed by atoms with Crippen LogP contribution in [0.5, 0.6) is 0 Å². The van der Waals surface area contributed by atoms with E-state index in [0.717, 1.165) is 63.3 Å². The van der Waals surface area contributed by atoms with Gasteiger partial charge in [-0.3, -0.25) is 0 Å². The van der Waals surface area contributed by atoms with Crippen molar-refractivity contribution >= 4 is 35.3 Å². The fourth-order valence-electron chi connectivity index (χ4n) is 7.94. The van der Waals surface area contributed by atoms with Gasteiger partial charge in [0.2, 0.25) is 5.71 Å². The monoisotopic (exact) mass is 884 g/mol. The van der Waals surface area contributed by atoms with Crippen molar-refractivity contribution in [2.24, 2.45) is 11.3 Å². The van der Waals surface area contributed by atoms with E-state index in [9.17, 15) is 0 Å². The summed E-state index contributed by atoms with van der Waals surface area (Å²) in [6.45, 7) is 16.3. The molecule has 4 nitrogen and oxygen atoms in total. The molecule has 2 aliphatic carbocycles. The summed E-state index contributed by atoms with van der Waals surface area (Å²) in [5.74, 6) is 1.22. The van der Waals surface area contributed by atoms with Gasteiger partial charge in [0.25, 0.3) is 0 Å². The molecular formula is C46H53IrN3OSi-2. The molecule has 4 aromatic heterocycles. The van der Waals surface area contributed by atoms with Gasteiger partial charge in [-0.25, -0.2) is 4.98 Å². The molecule has 8 rings (SSSR count). The van der Waals surface area contributed by atoms with Gasteiger partial charge >= 0.3 is 0 Å². The molecule has 52 heavy (non-hydrogen) atoms. The zero-order valence-corrected chi connectivity index (χ0v) is 35.4. The summed E-state index contributed by atoms with van der Waals surface area (Å²) in [6, 6.07) is 27.8. The summed E-state index contributed by atoms with van der Waals surface area (Å²) < 4.78 is 6.35. The Morgan fingerprint density at radius 2 is 1.67 bits per heavy atom. The fraction of sp³-hybridized carbons (Fsp3) is 0.413. The molecule has 0 spiro atoms. The quantitative estimate of drug-likeness (QED) is 0.124. The van der Waals surface area contributed by atoms with E-state index in [-0.39, 0.29) is 25.5 Å². The van der Waals surface area contributed by atoms with E-state index >= 15 is 0 Å². The molecule has 1 unspecified atom stereocenters. The predicted molar refractivity (Wildman–Crippen MR) is 215 cm³/mol. The second kappa shape index (κ2) is 15.9. The second-order valence-corrected chi connectivity index (χ2v) is 22.0. The Balaban J connectivity index is 0.000000182. The minimum absolute atomic E-state index is 0. The molecule has 0 bridgehead atoms. The van der Waals surface area contributed by atoms with E-state index in [1.807, 2.05) is 24.4 Å². The van der Waals surface area contributed by atoms with Crippen molar-refractivity contribution in [1.82, 2.24) is 15.0 Å². The smallest absolute Gasteiger partial charge is 0.216 e.